The summed E-state index contributed by atoms with van der Waals surface area (Å²) >= 11 is 0. The van der Waals surface area contributed by atoms with Crippen molar-refractivity contribution in [1.29, 1.82) is 0 Å². The van der Waals surface area contributed by atoms with Crippen molar-refractivity contribution in [3.8, 4) is 11.5 Å². The fourth-order valence-corrected chi connectivity index (χ4v) is 3.84. The minimum Gasteiger partial charge on any atom is -0.490 e. The summed E-state index contributed by atoms with van der Waals surface area (Å²) in [6.45, 7) is 2.88. The van der Waals surface area contributed by atoms with Gasteiger partial charge in [0.05, 0.1) is 0 Å². The molecule has 3 heterocycles. The highest BCUT2D eigenvalue weighted by Crippen LogP contribution is 2.38. The standard InChI is InChI=1S/C21H25N5O4/c1-13(10-15-12-24-19(23)25-18(15)22)29-16-2-3-17-14(11-16)4-5-21(30-17)6-8-26(9-7-21)20(27)28/h2-5,11-13H,6-10H2,1H3,(H,27,28)(H4,22,23,24,25). The van der Waals surface area contributed by atoms with Gasteiger partial charge in [-0.25, -0.2) is 9.78 Å². The van der Waals surface area contributed by atoms with Crippen LogP contribution in [0.4, 0.5) is 16.6 Å². The van der Waals surface area contributed by atoms with E-state index in [9.17, 15) is 4.79 Å². The van der Waals surface area contributed by atoms with Crippen LogP contribution >= 0.6 is 0 Å². The van der Waals surface area contributed by atoms with Gasteiger partial charge in [-0.05, 0) is 31.2 Å². The molecule has 0 saturated carbocycles. The van der Waals surface area contributed by atoms with E-state index in [1.165, 1.54) is 4.90 Å². The third-order valence-corrected chi connectivity index (χ3v) is 5.50. The van der Waals surface area contributed by atoms with E-state index >= 15 is 0 Å². The Morgan fingerprint density at radius 2 is 2.13 bits per heavy atom. The minimum absolute atomic E-state index is 0.141. The van der Waals surface area contributed by atoms with E-state index in [1.807, 2.05) is 37.3 Å². The Labute approximate surface area is 174 Å². The van der Waals surface area contributed by atoms with E-state index < -0.39 is 11.7 Å². The largest absolute Gasteiger partial charge is 0.490 e. The van der Waals surface area contributed by atoms with Crippen molar-refractivity contribution in [3.05, 3.63) is 41.6 Å². The van der Waals surface area contributed by atoms with Crippen LogP contribution in [0.25, 0.3) is 6.08 Å². The van der Waals surface area contributed by atoms with Gasteiger partial charge in [0.25, 0.3) is 0 Å². The van der Waals surface area contributed by atoms with Crippen LogP contribution in [0, 0.1) is 0 Å². The van der Waals surface area contributed by atoms with E-state index in [4.69, 9.17) is 26.0 Å². The minimum atomic E-state index is -0.881. The predicted octanol–water partition coefficient (Wildman–Crippen LogP) is 2.57. The predicted molar refractivity (Wildman–Crippen MR) is 112 cm³/mol. The second-order valence-electron chi connectivity index (χ2n) is 7.74. The summed E-state index contributed by atoms with van der Waals surface area (Å²) in [6.07, 6.45) is 6.48. The molecule has 5 N–H and O–H groups in total. The molecular weight excluding hydrogens is 386 g/mol. The number of aromatic nitrogens is 2. The zero-order valence-corrected chi connectivity index (χ0v) is 16.7. The summed E-state index contributed by atoms with van der Waals surface area (Å²) in [7, 11) is 0. The van der Waals surface area contributed by atoms with Gasteiger partial charge in [0.1, 0.15) is 29.0 Å². The molecule has 9 nitrogen and oxygen atoms in total. The second kappa shape index (κ2) is 7.74. The monoisotopic (exact) mass is 411 g/mol. The molecule has 1 saturated heterocycles. The van der Waals surface area contributed by atoms with Gasteiger partial charge in [-0.3, -0.25) is 0 Å². The molecule has 0 radical (unpaired) electrons. The number of benzene rings is 1. The smallest absolute Gasteiger partial charge is 0.407 e. The Hall–Kier alpha value is -3.49. The maximum Gasteiger partial charge on any atom is 0.407 e. The van der Waals surface area contributed by atoms with Crippen molar-refractivity contribution in [2.75, 3.05) is 24.6 Å². The Morgan fingerprint density at radius 1 is 1.37 bits per heavy atom. The van der Waals surface area contributed by atoms with Crippen LogP contribution in [0.2, 0.25) is 0 Å². The fourth-order valence-electron chi connectivity index (χ4n) is 3.84. The number of hydrogen-bond donors (Lipinski definition) is 3. The van der Waals surface area contributed by atoms with Gasteiger partial charge in [-0.15, -0.1) is 0 Å². The summed E-state index contributed by atoms with van der Waals surface area (Å²) in [5, 5.41) is 9.14. The summed E-state index contributed by atoms with van der Waals surface area (Å²) in [6, 6.07) is 5.70. The second-order valence-corrected chi connectivity index (χ2v) is 7.74. The van der Waals surface area contributed by atoms with Crippen LogP contribution in [-0.2, 0) is 6.42 Å². The number of hydrogen-bond acceptors (Lipinski definition) is 7. The fraction of sp³-hybridized carbons (Fsp3) is 0.381. The molecule has 158 valence electrons. The molecular formula is C21H25N5O4. The van der Waals surface area contributed by atoms with Gasteiger partial charge in [-0.1, -0.05) is 6.08 Å². The van der Waals surface area contributed by atoms with E-state index in [2.05, 4.69) is 9.97 Å². The molecule has 1 unspecified atom stereocenters. The normalized spacial score (nSPS) is 17.8. The lowest BCUT2D eigenvalue weighted by molar-refractivity contribution is 0.0400. The molecule has 1 fully saturated rings. The topological polar surface area (TPSA) is 137 Å². The number of amides is 1. The highest BCUT2D eigenvalue weighted by Gasteiger charge is 2.38. The number of fused-ring (bicyclic) bond motifs is 1. The molecule has 1 spiro atoms. The summed E-state index contributed by atoms with van der Waals surface area (Å²) in [5.41, 5.74) is 12.7. The maximum atomic E-state index is 11.1. The van der Waals surface area contributed by atoms with E-state index in [1.54, 1.807) is 6.20 Å². The zero-order chi connectivity index (χ0) is 21.3. The SMILES string of the molecule is CC(Cc1cnc(N)nc1N)Oc1ccc2c(c1)C=CC1(CCN(C(=O)O)CC1)O2. The zero-order valence-electron chi connectivity index (χ0n) is 16.7. The first-order chi connectivity index (χ1) is 14.3. The highest BCUT2D eigenvalue weighted by molar-refractivity contribution is 5.66. The van der Waals surface area contributed by atoms with Gasteiger partial charge in [0, 0.05) is 49.7 Å². The number of rotatable bonds is 4. The van der Waals surface area contributed by atoms with Crippen LogP contribution in [0.15, 0.2) is 30.5 Å². The molecule has 2 aliphatic heterocycles. The molecule has 9 heteroatoms. The van der Waals surface area contributed by atoms with Crippen LogP contribution in [0.3, 0.4) is 0 Å². The summed E-state index contributed by atoms with van der Waals surface area (Å²) < 4.78 is 12.3. The number of nitrogen functional groups attached to an aromatic ring is 2. The number of nitrogens with zero attached hydrogens (tertiary/aromatic N) is 3. The molecule has 1 atom stereocenters. The van der Waals surface area contributed by atoms with Crippen molar-refractivity contribution in [2.45, 2.75) is 37.9 Å². The van der Waals surface area contributed by atoms with Crippen molar-refractivity contribution < 1.29 is 19.4 Å². The number of piperidine rings is 1. The van der Waals surface area contributed by atoms with Gasteiger partial charge < -0.3 is 30.9 Å². The van der Waals surface area contributed by atoms with E-state index in [0.29, 0.717) is 38.2 Å². The number of anilines is 2. The van der Waals surface area contributed by atoms with Gasteiger partial charge in [-0.2, -0.15) is 4.98 Å². The number of carbonyl (C=O) groups is 1. The lowest BCUT2D eigenvalue weighted by atomic mass is 9.88. The molecule has 4 rings (SSSR count). The van der Waals surface area contributed by atoms with Crippen LogP contribution in [-0.4, -0.2) is 50.9 Å². The molecule has 0 bridgehead atoms. The van der Waals surface area contributed by atoms with Gasteiger partial charge >= 0.3 is 6.09 Å². The summed E-state index contributed by atoms with van der Waals surface area (Å²) in [4.78, 5) is 20.5. The van der Waals surface area contributed by atoms with Gasteiger partial charge in [0.2, 0.25) is 5.95 Å². The first kappa shape index (κ1) is 19.8. The average molecular weight is 411 g/mol. The van der Waals surface area contributed by atoms with Crippen molar-refractivity contribution in [2.24, 2.45) is 0 Å². The average Bonchev–Trinajstić information content (AvgIpc) is 2.71. The molecule has 1 aromatic carbocycles. The highest BCUT2D eigenvalue weighted by atomic mass is 16.5. The number of carboxylic acid groups (broad SMARTS) is 1. The third kappa shape index (κ3) is 4.10. The lowest BCUT2D eigenvalue weighted by Crippen LogP contribution is -2.49. The first-order valence-corrected chi connectivity index (χ1v) is 9.87. The van der Waals surface area contributed by atoms with Crippen molar-refractivity contribution in [1.82, 2.24) is 14.9 Å². The number of ether oxygens (including phenoxy) is 2. The molecule has 2 aromatic rings. The summed E-state index contributed by atoms with van der Waals surface area (Å²) in [5.74, 6) is 2.01. The number of nitrogens with two attached hydrogens (primary N) is 2. The molecule has 1 amide bonds. The Morgan fingerprint density at radius 3 is 2.83 bits per heavy atom. The van der Waals surface area contributed by atoms with Crippen LogP contribution in [0.1, 0.15) is 30.9 Å². The molecule has 30 heavy (non-hydrogen) atoms. The van der Waals surface area contributed by atoms with Crippen molar-refractivity contribution >= 4 is 23.9 Å². The number of likely N-dealkylation sites (tertiary alicyclic amines) is 1. The molecule has 2 aliphatic rings. The van der Waals surface area contributed by atoms with Gasteiger partial charge in [0.15, 0.2) is 0 Å². The molecule has 0 aliphatic carbocycles. The first-order valence-electron chi connectivity index (χ1n) is 9.87. The quantitative estimate of drug-likeness (QED) is 0.698. The van der Waals surface area contributed by atoms with Crippen molar-refractivity contribution in [3.63, 3.8) is 0 Å². The van der Waals surface area contributed by atoms with E-state index in [-0.39, 0.29) is 12.1 Å². The maximum absolute atomic E-state index is 11.1. The molecule has 1 aromatic heterocycles. The van der Waals surface area contributed by atoms with Crippen LogP contribution < -0.4 is 20.9 Å². The Kier molecular flexibility index (Phi) is 5.11. The Bertz CT molecular complexity index is 985. The lowest BCUT2D eigenvalue weighted by Gasteiger charge is -2.41. The Balaban J connectivity index is 1.41. The van der Waals surface area contributed by atoms with E-state index in [0.717, 1.165) is 22.6 Å². The van der Waals surface area contributed by atoms with Crippen LogP contribution in [0.5, 0.6) is 11.5 Å². The third-order valence-electron chi connectivity index (χ3n) is 5.50.